The first kappa shape index (κ1) is 11.8. The highest BCUT2D eigenvalue weighted by Gasteiger charge is 2.00. The second-order valence-corrected chi connectivity index (χ2v) is 3.47. The third kappa shape index (κ3) is 4.18. The second kappa shape index (κ2) is 6.26. The lowest BCUT2D eigenvalue weighted by atomic mass is 10.3. The molecule has 1 N–H and O–H groups in total. The lowest BCUT2D eigenvalue weighted by molar-refractivity contribution is 0.885. The summed E-state index contributed by atoms with van der Waals surface area (Å²) >= 11 is 5.85. The zero-order valence-electron chi connectivity index (χ0n) is 8.76. The van der Waals surface area contributed by atoms with E-state index in [0.717, 1.165) is 37.4 Å². The number of halogens is 1. The van der Waals surface area contributed by atoms with E-state index in [2.05, 4.69) is 21.2 Å². The minimum atomic E-state index is 0.473. The fourth-order valence-corrected chi connectivity index (χ4v) is 1.32. The van der Waals surface area contributed by atoms with E-state index >= 15 is 0 Å². The Bertz CT molecular complexity index is 357. The maximum Gasteiger partial charge on any atom is 0.134 e. The highest BCUT2D eigenvalue weighted by atomic mass is 35.5. The average Bonchev–Trinajstić information content (AvgIpc) is 2.23. The molecule has 1 aromatic heterocycles. The molecule has 4 heteroatoms. The summed E-state index contributed by atoms with van der Waals surface area (Å²) in [6.45, 7) is 2.80. The van der Waals surface area contributed by atoms with E-state index in [1.54, 1.807) is 6.07 Å². The Hall–Kier alpha value is -1.27. The van der Waals surface area contributed by atoms with Crippen molar-refractivity contribution in [1.82, 2.24) is 9.97 Å². The lowest BCUT2D eigenvalue weighted by Gasteiger charge is -2.05. The molecule has 3 nitrogen and oxygen atoms in total. The summed E-state index contributed by atoms with van der Waals surface area (Å²) in [4.78, 5) is 8.37. The van der Waals surface area contributed by atoms with Crippen LogP contribution in [0.4, 0.5) is 5.82 Å². The first-order valence-corrected chi connectivity index (χ1v) is 5.35. The molecule has 0 atom stereocenters. The molecule has 1 heterocycles. The second-order valence-electron chi connectivity index (χ2n) is 3.08. The monoisotopic (exact) mass is 223 g/mol. The van der Waals surface area contributed by atoms with Gasteiger partial charge in [0.25, 0.3) is 0 Å². The van der Waals surface area contributed by atoms with Crippen LogP contribution in [0.3, 0.4) is 0 Å². The maximum absolute atomic E-state index is 5.85. The van der Waals surface area contributed by atoms with Gasteiger partial charge < -0.3 is 5.32 Å². The summed E-state index contributed by atoms with van der Waals surface area (Å²) in [5.41, 5.74) is 0. The van der Waals surface area contributed by atoms with Crippen LogP contribution in [0.2, 0.25) is 5.15 Å². The van der Waals surface area contributed by atoms with Crippen molar-refractivity contribution in [3.8, 4) is 12.3 Å². The zero-order valence-corrected chi connectivity index (χ0v) is 9.51. The van der Waals surface area contributed by atoms with E-state index in [4.69, 9.17) is 18.0 Å². The molecule has 0 unspecified atom stereocenters. The van der Waals surface area contributed by atoms with Crippen molar-refractivity contribution in [3.63, 3.8) is 0 Å². The highest BCUT2D eigenvalue weighted by molar-refractivity contribution is 6.29. The van der Waals surface area contributed by atoms with Gasteiger partial charge in [-0.05, 0) is 6.42 Å². The molecule has 15 heavy (non-hydrogen) atoms. The number of hydrogen-bond acceptors (Lipinski definition) is 3. The van der Waals surface area contributed by atoms with Crippen molar-refractivity contribution in [2.75, 3.05) is 11.9 Å². The number of aryl methyl sites for hydroxylation is 1. The summed E-state index contributed by atoms with van der Waals surface area (Å²) in [5.74, 6) is 4.11. The number of nitrogens with zero attached hydrogens (tertiary/aromatic N) is 2. The Morgan fingerprint density at radius 3 is 3.00 bits per heavy atom. The highest BCUT2D eigenvalue weighted by Crippen LogP contribution is 2.11. The predicted molar refractivity (Wildman–Crippen MR) is 63.0 cm³/mol. The van der Waals surface area contributed by atoms with Gasteiger partial charge in [0.05, 0.1) is 0 Å². The van der Waals surface area contributed by atoms with Crippen LogP contribution in [-0.2, 0) is 6.42 Å². The Labute approximate surface area is 95.3 Å². The molecule has 0 aliphatic heterocycles. The van der Waals surface area contributed by atoms with Gasteiger partial charge in [-0.25, -0.2) is 9.97 Å². The van der Waals surface area contributed by atoms with Gasteiger partial charge in [0.15, 0.2) is 0 Å². The summed E-state index contributed by atoms with van der Waals surface area (Å²) in [7, 11) is 0. The molecule has 80 valence electrons. The van der Waals surface area contributed by atoms with E-state index in [9.17, 15) is 0 Å². The molecule has 0 fully saturated rings. The normalized spacial score (nSPS) is 9.67. The Morgan fingerprint density at radius 1 is 1.53 bits per heavy atom. The number of unbranched alkanes of at least 4 members (excludes halogenated alkanes) is 1. The fourth-order valence-electron chi connectivity index (χ4n) is 1.12. The van der Waals surface area contributed by atoms with Gasteiger partial charge in [-0.1, -0.05) is 18.5 Å². The summed E-state index contributed by atoms with van der Waals surface area (Å²) in [6.07, 6.45) is 7.63. The first-order valence-electron chi connectivity index (χ1n) is 4.97. The van der Waals surface area contributed by atoms with Crippen molar-refractivity contribution >= 4 is 17.4 Å². The molecule has 1 rings (SSSR count). The molecule has 0 radical (unpaired) electrons. The van der Waals surface area contributed by atoms with Crippen LogP contribution in [0.25, 0.3) is 0 Å². The molecule has 0 aliphatic carbocycles. The maximum atomic E-state index is 5.85. The van der Waals surface area contributed by atoms with E-state index in [0.29, 0.717) is 5.15 Å². The van der Waals surface area contributed by atoms with E-state index in [1.807, 2.05) is 6.92 Å². The molecule has 0 saturated carbocycles. The average molecular weight is 224 g/mol. The molecule has 0 bridgehead atoms. The number of rotatable bonds is 5. The summed E-state index contributed by atoms with van der Waals surface area (Å²) in [6, 6.07) is 1.72. The van der Waals surface area contributed by atoms with Crippen molar-refractivity contribution in [2.24, 2.45) is 0 Å². The summed E-state index contributed by atoms with van der Waals surface area (Å²) < 4.78 is 0. The van der Waals surface area contributed by atoms with Gasteiger partial charge in [-0.15, -0.1) is 12.3 Å². The molecular weight excluding hydrogens is 210 g/mol. The minimum Gasteiger partial charge on any atom is -0.370 e. The SMILES string of the molecule is C#CCCCNc1cc(Cl)nc(CC)n1. The Morgan fingerprint density at radius 2 is 2.33 bits per heavy atom. The lowest BCUT2D eigenvalue weighted by Crippen LogP contribution is -2.05. The van der Waals surface area contributed by atoms with Gasteiger partial charge in [-0.3, -0.25) is 0 Å². The van der Waals surface area contributed by atoms with Crippen molar-refractivity contribution in [1.29, 1.82) is 0 Å². The van der Waals surface area contributed by atoms with Crippen LogP contribution in [0, 0.1) is 12.3 Å². The quantitative estimate of drug-likeness (QED) is 0.474. The molecule has 0 spiro atoms. The molecule has 0 amide bonds. The third-order valence-electron chi connectivity index (χ3n) is 1.86. The van der Waals surface area contributed by atoms with Gasteiger partial charge in [0, 0.05) is 25.5 Å². The van der Waals surface area contributed by atoms with Gasteiger partial charge in [0.2, 0.25) is 0 Å². The standard InChI is InChI=1S/C11H14ClN3/c1-3-5-6-7-13-11-8-9(12)14-10(4-2)15-11/h1,8H,4-7H2,2H3,(H,13,14,15). The largest absolute Gasteiger partial charge is 0.370 e. The van der Waals surface area contributed by atoms with Crippen LogP contribution in [0.5, 0.6) is 0 Å². The Kier molecular flexibility index (Phi) is 4.92. The third-order valence-corrected chi connectivity index (χ3v) is 2.06. The molecular formula is C11H14ClN3. The number of terminal acetylenes is 1. The van der Waals surface area contributed by atoms with E-state index in [-0.39, 0.29) is 0 Å². The smallest absolute Gasteiger partial charge is 0.134 e. The van der Waals surface area contributed by atoms with Gasteiger partial charge in [0.1, 0.15) is 16.8 Å². The summed E-state index contributed by atoms with van der Waals surface area (Å²) in [5, 5.41) is 3.64. The number of aromatic nitrogens is 2. The van der Waals surface area contributed by atoms with E-state index in [1.165, 1.54) is 0 Å². The predicted octanol–water partition coefficient (Wildman–Crippen LogP) is 2.52. The van der Waals surface area contributed by atoms with Crippen molar-refractivity contribution < 1.29 is 0 Å². The topological polar surface area (TPSA) is 37.8 Å². The molecule has 0 aliphatic rings. The number of nitrogens with one attached hydrogen (secondary N) is 1. The van der Waals surface area contributed by atoms with E-state index < -0.39 is 0 Å². The van der Waals surface area contributed by atoms with Crippen LogP contribution in [-0.4, -0.2) is 16.5 Å². The molecule has 0 saturated heterocycles. The van der Waals surface area contributed by atoms with Crippen LogP contribution in [0.15, 0.2) is 6.07 Å². The van der Waals surface area contributed by atoms with Crippen molar-refractivity contribution in [2.45, 2.75) is 26.2 Å². The van der Waals surface area contributed by atoms with Gasteiger partial charge in [-0.2, -0.15) is 0 Å². The minimum absolute atomic E-state index is 0.473. The fraction of sp³-hybridized carbons (Fsp3) is 0.455. The molecule has 1 aromatic rings. The molecule has 0 aromatic carbocycles. The van der Waals surface area contributed by atoms with Gasteiger partial charge >= 0.3 is 0 Å². The first-order chi connectivity index (χ1) is 7.26. The van der Waals surface area contributed by atoms with Crippen LogP contribution in [0.1, 0.15) is 25.6 Å². The zero-order chi connectivity index (χ0) is 11.1. The van der Waals surface area contributed by atoms with Crippen molar-refractivity contribution in [3.05, 3.63) is 17.0 Å². The number of hydrogen-bond donors (Lipinski definition) is 1. The number of anilines is 1. The van der Waals surface area contributed by atoms with Crippen LogP contribution >= 0.6 is 11.6 Å². The Balaban J connectivity index is 2.53. The van der Waals surface area contributed by atoms with Crippen LogP contribution < -0.4 is 5.32 Å².